The summed E-state index contributed by atoms with van der Waals surface area (Å²) in [5.74, 6) is -1.08. The van der Waals surface area contributed by atoms with Gasteiger partial charge in [0.15, 0.2) is 0 Å². The van der Waals surface area contributed by atoms with Crippen molar-refractivity contribution in [2.45, 2.75) is 26.2 Å². The maximum atomic E-state index is 11.7. The second-order valence-corrected chi connectivity index (χ2v) is 5.01. The van der Waals surface area contributed by atoms with Gasteiger partial charge in [0.25, 0.3) is 0 Å². The molecule has 6 nitrogen and oxygen atoms in total. The number of carboxylic acids is 1. The van der Waals surface area contributed by atoms with Crippen molar-refractivity contribution in [1.82, 2.24) is 10.2 Å². The van der Waals surface area contributed by atoms with Crippen LogP contribution in [0.4, 0.5) is 4.79 Å². The lowest BCUT2D eigenvalue weighted by atomic mass is 9.69. The minimum absolute atomic E-state index is 0.159. The Hall–Kier alpha value is -1.77. The standard InChI is InChI=1S/C12H19N3O3/c1-9(6-13)7-15(2)11(18)14-8-12(10(16)17)4-3-5-12/h9H,3-5,7-8H2,1-2H3,(H,14,18)(H,16,17). The van der Waals surface area contributed by atoms with Crippen LogP contribution in [0.1, 0.15) is 26.2 Å². The molecule has 2 N–H and O–H groups in total. The first kappa shape index (κ1) is 14.3. The molecule has 2 amide bonds. The van der Waals surface area contributed by atoms with Gasteiger partial charge in [0, 0.05) is 20.1 Å². The molecule has 0 aromatic heterocycles. The molecule has 1 aliphatic rings. The molecule has 100 valence electrons. The third-order valence-corrected chi connectivity index (χ3v) is 3.46. The molecule has 1 aliphatic carbocycles. The lowest BCUT2D eigenvalue weighted by Crippen LogP contribution is -2.50. The maximum absolute atomic E-state index is 11.7. The molecule has 0 aromatic carbocycles. The normalized spacial score (nSPS) is 18.1. The minimum Gasteiger partial charge on any atom is -0.481 e. The molecular formula is C12H19N3O3. The zero-order chi connectivity index (χ0) is 13.8. The largest absolute Gasteiger partial charge is 0.481 e. The van der Waals surface area contributed by atoms with Crippen LogP contribution in [0.3, 0.4) is 0 Å². The number of amides is 2. The lowest BCUT2D eigenvalue weighted by Gasteiger charge is -2.38. The Bertz CT molecular complexity index is 371. The first-order valence-corrected chi connectivity index (χ1v) is 6.03. The van der Waals surface area contributed by atoms with E-state index in [1.807, 2.05) is 6.07 Å². The average molecular weight is 253 g/mol. The van der Waals surface area contributed by atoms with Gasteiger partial charge in [-0.3, -0.25) is 4.79 Å². The molecular weight excluding hydrogens is 234 g/mol. The molecule has 1 fully saturated rings. The van der Waals surface area contributed by atoms with Gasteiger partial charge in [0.1, 0.15) is 0 Å². The summed E-state index contributed by atoms with van der Waals surface area (Å²) in [6, 6.07) is 1.72. The number of hydrogen-bond acceptors (Lipinski definition) is 3. The summed E-state index contributed by atoms with van der Waals surface area (Å²) >= 11 is 0. The zero-order valence-electron chi connectivity index (χ0n) is 10.8. The van der Waals surface area contributed by atoms with Gasteiger partial charge < -0.3 is 15.3 Å². The topological polar surface area (TPSA) is 93.4 Å². The highest BCUT2D eigenvalue weighted by Gasteiger charge is 2.44. The SMILES string of the molecule is CC(C#N)CN(C)C(=O)NCC1(C(=O)O)CCC1. The number of hydrogen-bond donors (Lipinski definition) is 2. The molecule has 1 atom stereocenters. The van der Waals surface area contributed by atoms with E-state index in [1.165, 1.54) is 4.90 Å². The average Bonchev–Trinajstić information content (AvgIpc) is 2.26. The summed E-state index contributed by atoms with van der Waals surface area (Å²) in [5.41, 5.74) is -0.780. The van der Waals surface area contributed by atoms with E-state index in [2.05, 4.69) is 5.32 Å². The predicted octanol–water partition coefficient (Wildman–Crippen LogP) is 1.04. The van der Waals surface area contributed by atoms with E-state index in [9.17, 15) is 9.59 Å². The van der Waals surface area contributed by atoms with Gasteiger partial charge in [-0.05, 0) is 19.8 Å². The van der Waals surface area contributed by atoms with Gasteiger partial charge >= 0.3 is 12.0 Å². The summed E-state index contributed by atoms with van der Waals surface area (Å²) in [6.45, 7) is 2.23. The molecule has 6 heteroatoms. The highest BCUT2D eigenvalue weighted by Crippen LogP contribution is 2.40. The van der Waals surface area contributed by atoms with Crippen LogP contribution >= 0.6 is 0 Å². The number of aliphatic carboxylic acids is 1. The number of nitriles is 1. The predicted molar refractivity (Wildman–Crippen MR) is 64.7 cm³/mol. The van der Waals surface area contributed by atoms with Crippen LogP contribution in [0.2, 0.25) is 0 Å². The van der Waals surface area contributed by atoms with E-state index in [-0.39, 0.29) is 18.5 Å². The molecule has 0 aliphatic heterocycles. The Kier molecular flexibility index (Phi) is 4.54. The number of carbonyl (C=O) groups is 2. The minimum atomic E-state index is -0.845. The fraction of sp³-hybridized carbons (Fsp3) is 0.750. The Balaban J connectivity index is 2.41. The van der Waals surface area contributed by atoms with Crippen LogP contribution in [0.15, 0.2) is 0 Å². The summed E-state index contributed by atoms with van der Waals surface area (Å²) in [4.78, 5) is 24.2. The van der Waals surface area contributed by atoms with E-state index in [4.69, 9.17) is 10.4 Å². The number of carbonyl (C=O) groups excluding carboxylic acids is 1. The Morgan fingerprint density at radius 3 is 2.56 bits per heavy atom. The van der Waals surface area contributed by atoms with Gasteiger partial charge in [-0.1, -0.05) is 6.42 Å². The summed E-state index contributed by atoms with van der Waals surface area (Å²) < 4.78 is 0. The van der Waals surface area contributed by atoms with Crippen molar-refractivity contribution in [1.29, 1.82) is 5.26 Å². The number of urea groups is 1. The maximum Gasteiger partial charge on any atom is 0.317 e. The van der Waals surface area contributed by atoms with Crippen molar-refractivity contribution in [3.63, 3.8) is 0 Å². The molecule has 0 heterocycles. The van der Waals surface area contributed by atoms with E-state index in [0.717, 1.165) is 6.42 Å². The molecule has 1 rings (SSSR count). The molecule has 18 heavy (non-hydrogen) atoms. The fourth-order valence-electron chi connectivity index (χ4n) is 1.98. The van der Waals surface area contributed by atoms with E-state index in [1.54, 1.807) is 14.0 Å². The van der Waals surface area contributed by atoms with Gasteiger partial charge in [-0.2, -0.15) is 5.26 Å². The number of nitrogens with zero attached hydrogens (tertiary/aromatic N) is 2. The van der Waals surface area contributed by atoms with E-state index >= 15 is 0 Å². The molecule has 1 unspecified atom stereocenters. The van der Waals surface area contributed by atoms with Gasteiger partial charge in [-0.25, -0.2) is 4.79 Å². The van der Waals surface area contributed by atoms with Crippen molar-refractivity contribution in [2.75, 3.05) is 20.1 Å². The smallest absolute Gasteiger partial charge is 0.317 e. The Labute approximate surface area is 107 Å². The fourth-order valence-corrected chi connectivity index (χ4v) is 1.98. The lowest BCUT2D eigenvalue weighted by molar-refractivity contribution is -0.153. The van der Waals surface area contributed by atoms with Gasteiger partial charge in [0.2, 0.25) is 0 Å². The molecule has 1 saturated carbocycles. The molecule has 0 radical (unpaired) electrons. The van der Waals surface area contributed by atoms with Gasteiger partial charge in [-0.15, -0.1) is 0 Å². The van der Waals surface area contributed by atoms with Crippen molar-refractivity contribution in [3.8, 4) is 6.07 Å². The molecule has 0 bridgehead atoms. The van der Waals surface area contributed by atoms with E-state index < -0.39 is 11.4 Å². The molecule has 0 spiro atoms. The van der Waals surface area contributed by atoms with Crippen molar-refractivity contribution in [2.24, 2.45) is 11.3 Å². The second kappa shape index (κ2) is 5.71. The van der Waals surface area contributed by atoms with Crippen LogP contribution in [0.25, 0.3) is 0 Å². The van der Waals surface area contributed by atoms with Gasteiger partial charge in [0.05, 0.1) is 17.4 Å². The highest BCUT2D eigenvalue weighted by atomic mass is 16.4. The van der Waals surface area contributed by atoms with Crippen molar-refractivity contribution >= 4 is 12.0 Å². The van der Waals surface area contributed by atoms with Crippen LogP contribution in [0, 0.1) is 22.7 Å². The van der Waals surface area contributed by atoms with Crippen LogP contribution in [-0.4, -0.2) is 42.1 Å². The summed E-state index contributed by atoms with van der Waals surface area (Å²) in [7, 11) is 1.59. The van der Waals surface area contributed by atoms with Crippen molar-refractivity contribution < 1.29 is 14.7 Å². The highest BCUT2D eigenvalue weighted by molar-refractivity contribution is 5.78. The first-order chi connectivity index (χ1) is 8.41. The number of rotatable bonds is 5. The third-order valence-electron chi connectivity index (χ3n) is 3.46. The van der Waals surface area contributed by atoms with Crippen LogP contribution in [-0.2, 0) is 4.79 Å². The Morgan fingerprint density at radius 2 is 2.17 bits per heavy atom. The number of nitrogens with one attached hydrogen (secondary N) is 1. The van der Waals surface area contributed by atoms with Crippen molar-refractivity contribution in [3.05, 3.63) is 0 Å². The van der Waals surface area contributed by atoms with E-state index in [0.29, 0.717) is 19.4 Å². The number of carboxylic acid groups (broad SMARTS) is 1. The Morgan fingerprint density at radius 1 is 1.56 bits per heavy atom. The quantitative estimate of drug-likeness (QED) is 0.765. The first-order valence-electron chi connectivity index (χ1n) is 6.03. The third kappa shape index (κ3) is 3.13. The molecule has 0 aromatic rings. The monoisotopic (exact) mass is 253 g/mol. The molecule has 0 saturated heterocycles. The summed E-state index contributed by atoms with van der Waals surface area (Å²) in [5, 5.41) is 20.4. The second-order valence-electron chi connectivity index (χ2n) is 5.01. The zero-order valence-corrected chi connectivity index (χ0v) is 10.8. The van der Waals surface area contributed by atoms with Crippen LogP contribution in [0.5, 0.6) is 0 Å². The van der Waals surface area contributed by atoms with Crippen LogP contribution < -0.4 is 5.32 Å². The summed E-state index contributed by atoms with van der Waals surface area (Å²) in [6.07, 6.45) is 2.12.